The predicted molar refractivity (Wildman–Crippen MR) is 135 cm³/mol. The summed E-state index contributed by atoms with van der Waals surface area (Å²) >= 11 is 6.44. The Morgan fingerprint density at radius 1 is 0.853 bits per heavy atom. The fourth-order valence-corrected chi connectivity index (χ4v) is 4.57. The Morgan fingerprint density at radius 2 is 1.56 bits per heavy atom. The molecule has 5 nitrogen and oxygen atoms in total. The van der Waals surface area contributed by atoms with E-state index in [4.69, 9.17) is 21.1 Å². The number of hydrogen-bond acceptors (Lipinski definition) is 3. The van der Waals surface area contributed by atoms with Crippen LogP contribution in [0.4, 0.5) is 4.79 Å². The molecule has 0 saturated heterocycles. The van der Waals surface area contributed by atoms with Gasteiger partial charge in [0, 0.05) is 32.5 Å². The molecule has 0 saturated carbocycles. The second-order valence-corrected chi connectivity index (χ2v) is 8.35. The first kappa shape index (κ1) is 21.9. The molecule has 0 spiro atoms. The number of halogens is 1. The number of carboxylic acid groups (broad SMARTS) is 1. The summed E-state index contributed by atoms with van der Waals surface area (Å²) in [4.78, 5) is 14.5. The molecule has 0 unspecified atom stereocenters. The van der Waals surface area contributed by atoms with Crippen molar-refractivity contribution in [2.45, 2.75) is 12.8 Å². The molecule has 0 aliphatic heterocycles. The summed E-state index contributed by atoms with van der Waals surface area (Å²) < 4.78 is 11.2. The fraction of sp³-hybridized carbons (Fsp3) is 0.107. The van der Waals surface area contributed by atoms with Crippen LogP contribution in [0.25, 0.3) is 32.8 Å². The highest BCUT2D eigenvalue weighted by atomic mass is 35.5. The molecule has 5 rings (SSSR count). The van der Waals surface area contributed by atoms with E-state index in [-0.39, 0.29) is 5.88 Å². The highest BCUT2D eigenvalue weighted by Gasteiger charge is 2.18. The minimum atomic E-state index is -1.36. The topological polar surface area (TPSA) is 71.5 Å². The number of ether oxygens (including phenoxy) is 2. The number of aryl methyl sites for hydroxylation is 1. The largest absolute Gasteiger partial charge is 0.512 e. The summed E-state index contributed by atoms with van der Waals surface area (Å²) in [5.41, 5.74) is 3.34. The SMILES string of the molecule is O=C(O)Oc1[nH]c2c(-c3ccccc3Cl)cccc2c1CCCOc1cccc2ccccc12. The van der Waals surface area contributed by atoms with Crippen LogP contribution in [0.1, 0.15) is 12.0 Å². The Kier molecular flexibility index (Phi) is 6.11. The number of H-pyrrole nitrogens is 1. The van der Waals surface area contributed by atoms with E-state index in [2.05, 4.69) is 17.1 Å². The summed E-state index contributed by atoms with van der Waals surface area (Å²) in [7, 11) is 0. The summed E-state index contributed by atoms with van der Waals surface area (Å²) in [6.45, 7) is 0.484. The first-order valence-electron chi connectivity index (χ1n) is 11.0. The molecule has 0 aliphatic rings. The zero-order chi connectivity index (χ0) is 23.5. The van der Waals surface area contributed by atoms with E-state index in [9.17, 15) is 9.90 Å². The summed E-state index contributed by atoms with van der Waals surface area (Å²) in [6.07, 6.45) is -0.0962. The molecule has 34 heavy (non-hydrogen) atoms. The number of hydrogen-bond donors (Lipinski definition) is 2. The smallest absolute Gasteiger partial charge is 0.493 e. The molecule has 0 bridgehead atoms. The number of para-hydroxylation sites is 1. The van der Waals surface area contributed by atoms with E-state index in [0.29, 0.717) is 24.5 Å². The van der Waals surface area contributed by atoms with Gasteiger partial charge in [-0.25, -0.2) is 4.79 Å². The normalized spacial score (nSPS) is 11.1. The van der Waals surface area contributed by atoms with Crippen LogP contribution < -0.4 is 9.47 Å². The van der Waals surface area contributed by atoms with E-state index in [1.807, 2.05) is 72.8 Å². The van der Waals surface area contributed by atoms with Crippen molar-refractivity contribution in [2.24, 2.45) is 0 Å². The van der Waals surface area contributed by atoms with Crippen LogP contribution >= 0.6 is 11.6 Å². The monoisotopic (exact) mass is 471 g/mol. The summed E-state index contributed by atoms with van der Waals surface area (Å²) in [5.74, 6) is 1.06. The quantitative estimate of drug-likeness (QED) is 0.188. The number of carbonyl (C=O) groups is 1. The third-order valence-electron chi connectivity index (χ3n) is 5.83. The van der Waals surface area contributed by atoms with E-state index < -0.39 is 6.16 Å². The summed E-state index contributed by atoms with van der Waals surface area (Å²) in [5, 5.41) is 13.0. The minimum Gasteiger partial charge on any atom is -0.493 e. The van der Waals surface area contributed by atoms with Crippen LogP contribution in [0.3, 0.4) is 0 Å². The second-order valence-electron chi connectivity index (χ2n) is 7.94. The average molecular weight is 472 g/mol. The second kappa shape index (κ2) is 9.49. The number of aromatic nitrogens is 1. The van der Waals surface area contributed by atoms with Gasteiger partial charge in [0.05, 0.1) is 12.1 Å². The first-order valence-corrected chi connectivity index (χ1v) is 11.4. The van der Waals surface area contributed by atoms with Gasteiger partial charge in [0.1, 0.15) is 5.75 Å². The number of benzene rings is 4. The standard InChI is InChI=1S/C28H22ClNO4/c29-24-15-4-3-11-20(24)21-12-6-13-22-23(27(30-26(21)22)34-28(31)32)14-7-17-33-25-16-5-9-18-8-1-2-10-19(18)25/h1-6,8-13,15-16,30H,7,14,17H2,(H,31,32). The zero-order valence-corrected chi connectivity index (χ0v) is 19.0. The Hall–Kier alpha value is -3.96. The number of rotatable bonds is 7. The van der Waals surface area contributed by atoms with E-state index in [0.717, 1.165) is 44.1 Å². The molecule has 0 radical (unpaired) electrons. The Bertz CT molecular complexity index is 1490. The van der Waals surface area contributed by atoms with Crippen molar-refractivity contribution in [2.75, 3.05) is 6.61 Å². The van der Waals surface area contributed by atoms with Crippen LogP contribution in [-0.4, -0.2) is 22.9 Å². The van der Waals surface area contributed by atoms with Crippen LogP contribution in [0.2, 0.25) is 5.02 Å². The van der Waals surface area contributed by atoms with Gasteiger partial charge in [-0.1, -0.05) is 84.4 Å². The van der Waals surface area contributed by atoms with Crippen LogP contribution in [0, 0.1) is 0 Å². The number of fused-ring (bicyclic) bond motifs is 2. The number of nitrogens with one attached hydrogen (secondary N) is 1. The maximum absolute atomic E-state index is 11.4. The van der Waals surface area contributed by atoms with Crippen molar-refractivity contribution in [1.82, 2.24) is 4.98 Å². The molecule has 0 amide bonds. The van der Waals surface area contributed by atoms with Gasteiger partial charge in [-0.05, 0) is 30.4 Å². The highest BCUT2D eigenvalue weighted by molar-refractivity contribution is 6.33. The van der Waals surface area contributed by atoms with Gasteiger partial charge in [-0.2, -0.15) is 0 Å². The maximum atomic E-state index is 11.4. The molecule has 1 heterocycles. The van der Waals surface area contributed by atoms with Gasteiger partial charge in [-0.3, -0.25) is 0 Å². The summed E-state index contributed by atoms with van der Waals surface area (Å²) in [6, 6.07) is 27.5. The van der Waals surface area contributed by atoms with E-state index in [1.165, 1.54) is 0 Å². The lowest BCUT2D eigenvalue weighted by molar-refractivity contribution is 0.142. The van der Waals surface area contributed by atoms with Gasteiger partial charge >= 0.3 is 6.16 Å². The van der Waals surface area contributed by atoms with Gasteiger partial charge in [0.2, 0.25) is 5.88 Å². The van der Waals surface area contributed by atoms with Crippen molar-refractivity contribution >= 4 is 39.4 Å². The lowest BCUT2D eigenvalue weighted by Gasteiger charge is -2.10. The number of aromatic amines is 1. The average Bonchev–Trinajstić information content (AvgIpc) is 3.18. The molecule has 5 aromatic rings. The van der Waals surface area contributed by atoms with Crippen LogP contribution in [0.15, 0.2) is 84.9 Å². The lowest BCUT2D eigenvalue weighted by atomic mass is 10.0. The molecule has 170 valence electrons. The molecule has 2 N–H and O–H groups in total. The molecule has 1 aromatic heterocycles. The fourth-order valence-electron chi connectivity index (χ4n) is 4.33. The van der Waals surface area contributed by atoms with Crippen molar-refractivity contribution in [1.29, 1.82) is 0 Å². The van der Waals surface area contributed by atoms with E-state index in [1.54, 1.807) is 0 Å². The Balaban J connectivity index is 1.42. The highest BCUT2D eigenvalue weighted by Crippen LogP contribution is 2.38. The molecule has 6 heteroatoms. The molecular formula is C28H22ClNO4. The van der Waals surface area contributed by atoms with Crippen LogP contribution in [0.5, 0.6) is 11.6 Å². The van der Waals surface area contributed by atoms with Crippen molar-refractivity contribution < 1.29 is 19.4 Å². The molecule has 0 fully saturated rings. The third kappa shape index (κ3) is 4.30. The van der Waals surface area contributed by atoms with Crippen molar-refractivity contribution in [3.05, 3.63) is 95.5 Å². The van der Waals surface area contributed by atoms with Gasteiger partial charge in [-0.15, -0.1) is 0 Å². The maximum Gasteiger partial charge on any atom is 0.512 e. The lowest BCUT2D eigenvalue weighted by Crippen LogP contribution is -2.06. The first-order chi connectivity index (χ1) is 16.6. The van der Waals surface area contributed by atoms with Gasteiger partial charge in [0.15, 0.2) is 0 Å². The van der Waals surface area contributed by atoms with Crippen molar-refractivity contribution in [3.63, 3.8) is 0 Å². The Labute approximate surface area is 201 Å². The predicted octanol–water partition coefficient (Wildman–Crippen LogP) is 7.71. The van der Waals surface area contributed by atoms with Gasteiger partial charge in [0.25, 0.3) is 0 Å². The van der Waals surface area contributed by atoms with Crippen molar-refractivity contribution in [3.8, 4) is 22.8 Å². The molecule has 4 aromatic carbocycles. The van der Waals surface area contributed by atoms with E-state index >= 15 is 0 Å². The van der Waals surface area contributed by atoms with Gasteiger partial charge < -0.3 is 19.6 Å². The third-order valence-corrected chi connectivity index (χ3v) is 6.16. The zero-order valence-electron chi connectivity index (χ0n) is 18.3. The molecular weight excluding hydrogens is 450 g/mol. The Morgan fingerprint density at radius 3 is 2.41 bits per heavy atom. The minimum absolute atomic E-state index is 0.229. The molecule has 0 atom stereocenters. The van der Waals surface area contributed by atoms with Crippen LogP contribution in [-0.2, 0) is 6.42 Å². The molecule has 0 aliphatic carbocycles.